The third kappa shape index (κ3) is 1.78. The van der Waals surface area contributed by atoms with Gasteiger partial charge in [-0.1, -0.05) is 0 Å². The summed E-state index contributed by atoms with van der Waals surface area (Å²) in [7, 11) is 0. The molecule has 0 saturated carbocycles. The molecule has 3 aliphatic rings. The van der Waals surface area contributed by atoms with E-state index in [4.69, 9.17) is 16.9 Å². The van der Waals surface area contributed by atoms with Gasteiger partial charge in [-0.3, -0.25) is 10.6 Å². The summed E-state index contributed by atoms with van der Waals surface area (Å²) in [6.07, 6.45) is -2.78. The van der Waals surface area contributed by atoms with Crippen LogP contribution in [0.3, 0.4) is 0 Å². The van der Waals surface area contributed by atoms with Crippen LogP contribution < -0.4 is 16.8 Å². The van der Waals surface area contributed by atoms with Crippen molar-refractivity contribution in [2.75, 3.05) is 13.2 Å². The molecule has 128 valence electrons. The van der Waals surface area contributed by atoms with Gasteiger partial charge in [0.2, 0.25) is 11.7 Å². The number of aliphatic imine (C=N–C) groups is 1. The van der Waals surface area contributed by atoms with Crippen LogP contribution in [-0.4, -0.2) is 91.3 Å². The SMILES string of the molecule is N=C1N(O)C(COC(N)=O)C2N=C(N)NC23N1CC(O)C3(O)O. The standard InChI is InChI=1S/C10H17N7O6/c11-6-14-5-3(2-23-8(13)19)17(22)7(12)16-1-4(18)10(20,21)9(5,16)15-6/h3-5,12,18,20-22H,1-2H2,(H2,13,19)(H3,11,14,15). The predicted octanol–water partition coefficient (Wildman–Crippen LogP) is -4.57. The zero-order valence-electron chi connectivity index (χ0n) is 11.7. The normalized spacial score (nSPS) is 37.8. The Kier molecular flexibility index (Phi) is 3.09. The molecule has 0 aromatic rings. The number of amides is 1. The number of aliphatic hydroxyl groups is 3. The predicted molar refractivity (Wildman–Crippen MR) is 71.8 cm³/mol. The van der Waals surface area contributed by atoms with Gasteiger partial charge in [0, 0.05) is 0 Å². The molecule has 23 heavy (non-hydrogen) atoms. The maximum absolute atomic E-state index is 10.8. The number of nitrogens with one attached hydrogen (secondary N) is 2. The summed E-state index contributed by atoms with van der Waals surface area (Å²) >= 11 is 0. The monoisotopic (exact) mass is 331 g/mol. The first-order valence-corrected chi connectivity index (χ1v) is 6.63. The fourth-order valence-corrected chi connectivity index (χ4v) is 3.34. The molecule has 0 aliphatic carbocycles. The van der Waals surface area contributed by atoms with Gasteiger partial charge < -0.3 is 41.7 Å². The molecule has 13 nitrogen and oxygen atoms in total. The number of aliphatic hydroxyl groups excluding tert-OH is 1. The Hall–Kier alpha value is -2.35. The summed E-state index contributed by atoms with van der Waals surface area (Å²) in [5, 5.41) is 51.8. The van der Waals surface area contributed by atoms with E-state index in [9.17, 15) is 25.3 Å². The van der Waals surface area contributed by atoms with Crippen LogP contribution in [0.1, 0.15) is 0 Å². The minimum atomic E-state index is -2.74. The summed E-state index contributed by atoms with van der Waals surface area (Å²) in [5.41, 5.74) is 8.63. The van der Waals surface area contributed by atoms with E-state index < -0.39 is 48.3 Å². The van der Waals surface area contributed by atoms with Crippen LogP contribution in [0.4, 0.5) is 4.79 Å². The molecule has 2 fully saturated rings. The fraction of sp³-hybridized carbons (Fsp3) is 0.700. The molecule has 13 heteroatoms. The van der Waals surface area contributed by atoms with Gasteiger partial charge in [0.15, 0.2) is 11.6 Å². The molecule has 10 N–H and O–H groups in total. The number of nitrogens with zero attached hydrogens (tertiary/aromatic N) is 3. The van der Waals surface area contributed by atoms with Gasteiger partial charge in [-0.2, -0.15) is 0 Å². The number of primary amides is 1. The van der Waals surface area contributed by atoms with Gasteiger partial charge >= 0.3 is 6.09 Å². The average molecular weight is 331 g/mol. The van der Waals surface area contributed by atoms with Crippen LogP contribution in [0, 0.1) is 5.41 Å². The first-order valence-electron chi connectivity index (χ1n) is 6.63. The number of hydroxylamine groups is 2. The quantitative estimate of drug-likeness (QED) is 0.227. The molecular weight excluding hydrogens is 314 g/mol. The largest absolute Gasteiger partial charge is 0.447 e. The van der Waals surface area contributed by atoms with Gasteiger partial charge in [0.25, 0.3) is 0 Å². The molecule has 3 rings (SSSR count). The summed E-state index contributed by atoms with van der Waals surface area (Å²) in [4.78, 5) is 15.8. The van der Waals surface area contributed by atoms with E-state index in [1.165, 1.54) is 0 Å². The second kappa shape index (κ2) is 4.58. The van der Waals surface area contributed by atoms with Crippen LogP contribution in [-0.2, 0) is 4.74 Å². The summed E-state index contributed by atoms with van der Waals surface area (Å²) in [6, 6.07) is -2.35. The van der Waals surface area contributed by atoms with Crippen molar-refractivity contribution in [1.82, 2.24) is 15.3 Å². The number of carbonyl (C=O) groups is 1. The van der Waals surface area contributed by atoms with E-state index in [0.717, 1.165) is 4.90 Å². The minimum Gasteiger partial charge on any atom is -0.447 e. The summed E-state index contributed by atoms with van der Waals surface area (Å²) in [6.45, 7) is -0.850. The first-order chi connectivity index (χ1) is 10.6. The van der Waals surface area contributed by atoms with Crippen molar-refractivity contribution in [3.05, 3.63) is 0 Å². The van der Waals surface area contributed by atoms with Crippen molar-refractivity contribution < 1.29 is 30.1 Å². The molecule has 0 aromatic heterocycles. The number of carbonyl (C=O) groups excluding carboxylic acids is 1. The Morgan fingerprint density at radius 3 is 2.83 bits per heavy atom. The van der Waals surface area contributed by atoms with Crippen molar-refractivity contribution in [3.63, 3.8) is 0 Å². The van der Waals surface area contributed by atoms with Crippen molar-refractivity contribution in [1.29, 1.82) is 5.41 Å². The van der Waals surface area contributed by atoms with Gasteiger partial charge in [-0.25, -0.2) is 14.9 Å². The highest BCUT2D eigenvalue weighted by atomic mass is 16.6. The third-order valence-corrected chi connectivity index (χ3v) is 4.38. The highest BCUT2D eigenvalue weighted by molar-refractivity contribution is 5.86. The fourth-order valence-electron chi connectivity index (χ4n) is 3.34. The summed E-state index contributed by atoms with van der Waals surface area (Å²) in [5.74, 6) is -3.48. The van der Waals surface area contributed by atoms with Crippen LogP contribution in [0.25, 0.3) is 0 Å². The maximum Gasteiger partial charge on any atom is 0.404 e. The molecule has 0 radical (unpaired) electrons. The zero-order valence-corrected chi connectivity index (χ0v) is 11.7. The van der Waals surface area contributed by atoms with Crippen LogP contribution in [0.2, 0.25) is 0 Å². The van der Waals surface area contributed by atoms with Crippen LogP contribution in [0.5, 0.6) is 0 Å². The molecule has 3 heterocycles. The van der Waals surface area contributed by atoms with Crippen molar-refractivity contribution in [3.8, 4) is 0 Å². The van der Waals surface area contributed by atoms with E-state index in [-0.39, 0.29) is 12.5 Å². The molecule has 4 atom stereocenters. The lowest BCUT2D eigenvalue weighted by atomic mass is 9.85. The maximum atomic E-state index is 10.8. The highest BCUT2D eigenvalue weighted by Gasteiger charge is 2.74. The molecule has 4 unspecified atom stereocenters. The van der Waals surface area contributed by atoms with E-state index in [1.807, 2.05) is 0 Å². The van der Waals surface area contributed by atoms with E-state index >= 15 is 0 Å². The number of nitrogens with two attached hydrogens (primary N) is 2. The summed E-state index contributed by atoms with van der Waals surface area (Å²) < 4.78 is 4.64. The lowest BCUT2D eigenvalue weighted by molar-refractivity contribution is -0.269. The van der Waals surface area contributed by atoms with Crippen molar-refractivity contribution >= 4 is 18.0 Å². The first kappa shape index (κ1) is 15.5. The Labute approximate surface area is 129 Å². The number of rotatable bonds is 2. The molecular formula is C10H17N7O6. The zero-order chi connectivity index (χ0) is 17.2. The Bertz CT molecular complexity index is 596. The van der Waals surface area contributed by atoms with E-state index in [0.29, 0.717) is 5.06 Å². The van der Waals surface area contributed by atoms with Crippen molar-refractivity contribution in [2.24, 2.45) is 16.5 Å². The highest BCUT2D eigenvalue weighted by Crippen LogP contribution is 2.45. The van der Waals surface area contributed by atoms with Gasteiger partial charge in [0.1, 0.15) is 24.8 Å². The second-order valence-electron chi connectivity index (χ2n) is 5.57. The number of hydrogen-bond acceptors (Lipinski definition) is 10. The lowest BCUT2D eigenvalue weighted by Gasteiger charge is -2.52. The Morgan fingerprint density at radius 2 is 2.22 bits per heavy atom. The topological polar surface area (TPSA) is 214 Å². The van der Waals surface area contributed by atoms with Gasteiger partial charge in [-0.05, 0) is 0 Å². The number of guanidine groups is 2. The van der Waals surface area contributed by atoms with Crippen LogP contribution in [0.15, 0.2) is 4.99 Å². The molecule has 3 aliphatic heterocycles. The van der Waals surface area contributed by atoms with Crippen molar-refractivity contribution in [2.45, 2.75) is 29.6 Å². The number of hydrogen-bond donors (Lipinski definition) is 8. The average Bonchev–Trinajstić information content (AvgIpc) is 2.89. The van der Waals surface area contributed by atoms with Crippen LogP contribution >= 0.6 is 0 Å². The Morgan fingerprint density at radius 1 is 1.57 bits per heavy atom. The molecule has 2 saturated heterocycles. The second-order valence-corrected chi connectivity index (χ2v) is 5.57. The number of ether oxygens (including phenoxy) is 1. The molecule has 1 spiro atoms. The molecule has 0 aromatic carbocycles. The van der Waals surface area contributed by atoms with Gasteiger partial charge in [-0.15, -0.1) is 0 Å². The minimum absolute atomic E-state index is 0.186. The van der Waals surface area contributed by atoms with Gasteiger partial charge in [0.05, 0.1) is 6.54 Å². The molecule has 1 amide bonds. The Balaban J connectivity index is 2.06. The lowest BCUT2D eigenvalue weighted by Crippen LogP contribution is -2.80. The van der Waals surface area contributed by atoms with E-state index in [1.54, 1.807) is 0 Å². The van der Waals surface area contributed by atoms with E-state index in [2.05, 4.69) is 15.0 Å². The smallest absolute Gasteiger partial charge is 0.404 e. The third-order valence-electron chi connectivity index (χ3n) is 4.38. The molecule has 0 bridgehead atoms.